The van der Waals surface area contributed by atoms with Crippen LogP contribution in [0.5, 0.6) is 0 Å². The summed E-state index contributed by atoms with van der Waals surface area (Å²) in [5.41, 5.74) is 0.968. The van der Waals surface area contributed by atoms with Gasteiger partial charge in [-0.05, 0) is 19.5 Å². The third kappa shape index (κ3) is 4.06. The maximum Gasteiger partial charge on any atom is 0.0820 e. The molecule has 0 unspecified atom stereocenters. The molecule has 1 aliphatic heterocycles. The second-order valence-electron chi connectivity index (χ2n) is 5.06. The number of hydrogen-bond acceptors (Lipinski definition) is 4. The van der Waals surface area contributed by atoms with Gasteiger partial charge in [0, 0.05) is 51.2 Å². The van der Waals surface area contributed by atoms with E-state index >= 15 is 0 Å². The standard InChI is InChI=1S/C14H23ClN4/c1-3-18-6-8-19(9-7-18)12(2)10-17-14-4-5-16-11-13(14)15/h4-5,11-12H,3,6-10H2,1-2H3,(H,16,17)/t12-/m1/s1. The first-order valence-electron chi connectivity index (χ1n) is 7.00. The quantitative estimate of drug-likeness (QED) is 0.897. The minimum atomic E-state index is 0.517. The highest BCUT2D eigenvalue weighted by Gasteiger charge is 2.19. The summed E-state index contributed by atoms with van der Waals surface area (Å²) in [6.45, 7) is 11.2. The molecular weight excluding hydrogens is 260 g/mol. The Labute approximate surface area is 120 Å². The summed E-state index contributed by atoms with van der Waals surface area (Å²) in [5, 5.41) is 4.09. The van der Waals surface area contributed by atoms with Gasteiger partial charge >= 0.3 is 0 Å². The first-order valence-corrected chi connectivity index (χ1v) is 7.38. The van der Waals surface area contributed by atoms with E-state index in [1.807, 2.05) is 6.07 Å². The van der Waals surface area contributed by atoms with Crippen molar-refractivity contribution >= 4 is 17.3 Å². The summed E-state index contributed by atoms with van der Waals surface area (Å²) in [6.07, 6.45) is 3.44. The highest BCUT2D eigenvalue weighted by atomic mass is 35.5. The number of halogens is 1. The van der Waals surface area contributed by atoms with Crippen molar-refractivity contribution in [1.82, 2.24) is 14.8 Å². The Bertz CT molecular complexity index is 391. The van der Waals surface area contributed by atoms with Crippen molar-refractivity contribution in [3.8, 4) is 0 Å². The van der Waals surface area contributed by atoms with Gasteiger partial charge in [-0.3, -0.25) is 9.88 Å². The van der Waals surface area contributed by atoms with Crippen LogP contribution in [0.1, 0.15) is 13.8 Å². The molecule has 106 valence electrons. The van der Waals surface area contributed by atoms with Crippen LogP contribution in [0.4, 0.5) is 5.69 Å². The van der Waals surface area contributed by atoms with E-state index in [0.717, 1.165) is 31.9 Å². The normalized spacial score (nSPS) is 19.3. The number of likely N-dealkylation sites (N-methyl/N-ethyl adjacent to an activating group) is 1. The SMILES string of the molecule is CCN1CCN([C@H](C)CNc2ccncc2Cl)CC1. The number of nitrogens with zero attached hydrogens (tertiary/aromatic N) is 3. The van der Waals surface area contributed by atoms with Gasteiger partial charge in [0.05, 0.1) is 10.7 Å². The number of anilines is 1. The van der Waals surface area contributed by atoms with E-state index < -0.39 is 0 Å². The molecule has 0 radical (unpaired) electrons. The van der Waals surface area contributed by atoms with Gasteiger partial charge in [0.2, 0.25) is 0 Å². The fraction of sp³-hybridized carbons (Fsp3) is 0.643. The molecule has 2 rings (SSSR count). The molecule has 5 heteroatoms. The lowest BCUT2D eigenvalue weighted by molar-refractivity contribution is 0.110. The van der Waals surface area contributed by atoms with Crippen molar-refractivity contribution in [3.05, 3.63) is 23.5 Å². The number of aromatic nitrogens is 1. The molecule has 0 spiro atoms. The molecule has 0 saturated carbocycles. The molecule has 1 atom stereocenters. The Hall–Kier alpha value is -0.840. The van der Waals surface area contributed by atoms with Crippen LogP contribution in [0.15, 0.2) is 18.5 Å². The van der Waals surface area contributed by atoms with Crippen molar-refractivity contribution in [2.45, 2.75) is 19.9 Å². The highest BCUT2D eigenvalue weighted by molar-refractivity contribution is 6.33. The molecule has 1 fully saturated rings. The predicted molar refractivity (Wildman–Crippen MR) is 80.9 cm³/mol. The number of piperazine rings is 1. The van der Waals surface area contributed by atoms with E-state index in [4.69, 9.17) is 11.6 Å². The molecule has 2 heterocycles. The van der Waals surface area contributed by atoms with Crippen LogP contribution >= 0.6 is 11.6 Å². The van der Waals surface area contributed by atoms with Crippen LogP contribution in [-0.4, -0.2) is 60.1 Å². The van der Waals surface area contributed by atoms with E-state index in [-0.39, 0.29) is 0 Å². The second kappa shape index (κ2) is 7.08. The molecule has 1 saturated heterocycles. The lowest BCUT2D eigenvalue weighted by Gasteiger charge is -2.37. The van der Waals surface area contributed by atoms with Gasteiger partial charge in [-0.2, -0.15) is 0 Å². The van der Waals surface area contributed by atoms with Gasteiger partial charge in [-0.25, -0.2) is 0 Å². The second-order valence-corrected chi connectivity index (χ2v) is 5.46. The first-order chi connectivity index (χ1) is 9.20. The van der Waals surface area contributed by atoms with E-state index in [9.17, 15) is 0 Å². The largest absolute Gasteiger partial charge is 0.382 e. The van der Waals surface area contributed by atoms with Crippen LogP contribution in [0.2, 0.25) is 5.02 Å². The summed E-state index contributed by atoms with van der Waals surface area (Å²) in [5.74, 6) is 0. The number of rotatable bonds is 5. The summed E-state index contributed by atoms with van der Waals surface area (Å²) in [4.78, 5) is 9.02. The molecule has 0 aliphatic carbocycles. The topological polar surface area (TPSA) is 31.4 Å². The fourth-order valence-corrected chi connectivity index (χ4v) is 2.61. The number of pyridine rings is 1. The van der Waals surface area contributed by atoms with Gasteiger partial charge in [-0.15, -0.1) is 0 Å². The number of hydrogen-bond donors (Lipinski definition) is 1. The van der Waals surface area contributed by atoms with Crippen LogP contribution in [0.25, 0.3) is 0 Å². The molecule has 19 heavy (non-hydrogen) atoms. The zero-order valence-corrected chi connectivity index (χ0v) is 12.5. The van der Waals surface area contributed by atoms with Gasteiger partial charge < -0.3 is 10.2 Å². The molecule has 0 bridgehead atoms. The van der Waals surface area contributed by atoms with E-state index in [0.29, 0.717) is 11.1 Å². The molecule has 1 aromatic rings. The molecule has 1 N–H and O–H groups in total. The average Bonchev–Trinajstić information content (AvgIpc) is 2.46. The molecule has 1 aromatic heterocycles. The van der Waals surface area contributed by atoms with Gasteiger partial charge in [0.25, 0.3) is 0 Å². The predicted octanol–water partition coefficient (Wildman–Crippen LogP) is 2.17. The zero-order valence-electron chi connectivity index (χ0n) is 11.8. The van der Waals surface area contributed by atoms with Crippen molar-refractivity contribution in [2.75, 3.05) is 44.6 Å². The van der Waals surface area contributed by atoms with Crippen LogP contribution in [0.3, 0.4) is 0 Å². The maximum absolute atomic E-state index is 6.09. The molecular formula is C14H23ClN4. The molecule has 0 amide bonds. The highest BCUT2D eigenvalue weighted by Crippen LogP contribution is 2.19. The summed E-state index contributed by atoms with van der Waals surface area (Å²) < 4.78 is 0. The Morgan fingerprint density at radius 2 is 2.11 bits per heavy atom. The lowest BCUT2D eigenvalue weighted by Crippen LogP contribution is -2.51. The molecule has 1 aliphatic rings. The van der Waals surface area contributed by atoms with Crippen molar-refractivity contribution in [3.63, 3.8) is 0 Å². The van der Waals surface area contributed by atoms with Gasteiger partial charge in [-0.1, -0.05) is 18.5 Å². The summed E-state index contributed by atoms with van der Waals surface area (Å²) >= 11 is 6.09. The minimum Gasteiger partial charge on any atom is -0.382 e. The lowest BCUT2D eigenvalue weighted by atomic mass is 10.2. The average molecular weight is 283 g/mol. The van der Waals surface area contributed by atoms with Crippen molar-refractivity contribution < 1.29 is 0 Å². The fourth-order valence-electron chi connectivity index (χ4n) is 2.43. The monoisotopic (exact) mass is 282 g/mol. The Morgan fingerprint density at radius 1 is 1.37 bits per heavy atom. The minimum absolute atomic E-state index is 0.517. The van der Waals surface area contributed by atoms with E-state index in [1.165, 1.54) is 13.1 Å². The van der Waals surface area contributed by atoms with E-state index in [1.54, 1.807) is 12.4 Å². The molecule has 0 aromatic carbocycles. The third-order valence-corrected chi connectivity index (χ3v) is 4.14. The summed E-state index contributed by atoms with van der Waals surface area (Å²) in [7, 11) is 0. The van der Waals surface area contributed by atoms with Crippen molar-refractivity contribution in [1.29, 1.82) is 0 Å². The molecule has 4 nitrogen and oxygen atoms in total. The maximum atomic E-state index is 6.09. The van der Waals surface area contributed by atoms with Gasteiger partial charge in [0.15, 0.2) is 0 Å². The summed E-state index contributed by atoms with van der Waals surface area (Å²) in [6, 6.07) is 2.44. The number of nitrogens with one attached hydrogen (secondary N) is 1. The van der Waals surface area contributed by atoms with Crippen LogP contribution in [-0.2, 0) is 0 Å². The Kier molecular flexibility index (Phi) is 5.43. The smallest absolute Gasteiger partial charge is 0.0820 e. The Balaban J connectivity index is 1.79. The van der Waals surface area contributed by atoms with Crippen molar-refractivity contribution in [2.24, 2.45) is 0 Å². The van der Waals surface area contributed by atoms with Crippen LogP contribution in [0, 0.1) is 0 Å². The Morgan fingerprint density at radius 3 is 2.74 bits per heavy atom. The van der Waals surface area contributed by atoms with E-state index in [2.05, 4.69) is 33.9 Å². The van der Waals surface area contributed by atoms with Crippen LogP contribution < -0.4 is 5.32 Å². The zero-order chi connectivity index (χ0) is 13.7. The van der Waals surface area contributed by atoms with Gasteiger partial charge in [0.1, 0.15) is 0 Å². The third-order valence-electron chi connectivity index (χ3n) is 3.84. The first kappa shape index (κ1) is 14.6.